The minimum absolute atomic E-state index is 0.159. The molecule has 0 radical (unpaired) electrons. The molecule has 18 heavy (non-hydrogen) atoms. The van der Waals surface area contributed by atoms with E-state index in [1.807, 2.05) is 18.3 Å². The average Bonchev–Trinajstić information content (AvgIpc) is 2.85. The summed E-state index contributed by atoms with van der Waals surface area (Å²) in [5.41, 5.74) is 7.42. The first-order valence-corrected chi connectivity index (χ1v) is 6.03. The van der Waals surface area contributed by atoms with Gasteiger partial charge in [-0.3, -0.25) is 15.2 Å². The Kier molecular flexibility index (Phi) is 4.24. The number of hydrogen-bond acceptors (Lipinski definition) is 5. The van der Waals surface area contributed by atoms with Gasteiger partial charge >= 0.3 is 5.97 Å². The number of aromatic nitrogens is 1. The van der Waals surface area contributed by atoms with Gasteiger partial charge in [0.05, 0.1) is 6.04 Å². The molecule has 1 fully saturated rings. The van der Waals surface area contributed by atoms with Crippen LogP contribution < -0.4 is 16.2 Å². The lowest BCUT2D eigenvalue weighted by atomic mass is 9.96. The second-order valence-corrected chi connectivity index (χ2v) is 4.52. The lowest BCUT2D eigenvalue weighted by molar-refractivity contribution is -0.139. The van der Waals surface area contributed by atoms with E-state index in [9.17, 15) is 4.79 Å². The largest absolute Gasteiger partial charge is 0.480 e. The van der Waals surface area contributed by atoms with Crippen molar-refractivity contribution in [1.82, 2.24) is 21.2 Å². The van der Waals surface area contributed by atoms with Crippen LogP contribution >= 0.6 is 0 Å². The maximum Gasteiger partial charge on any atom is 0.320 e. The number of carbonyl (C=O) groups is 1. The van der Waals surface area contributed by atoms with Gasteiger partial charge in [-0.05, 0) is 18.6 Å². The molecule has 0 spiro atoms. The number of hydrogen-bond donors (Lipinski definition) is 4. The number of hydrazine groups is 1. The number of nitrogens with one attached hydrogen (secondary N) is 3. The molecule has 1 aromatic heterocycles. The molecule has 2 rings (SSSR count). The smallest absolute Gasteiger partial charge is 0.320 e. The summed E-state index contributed by atoms with van der Waals surface area (Å²) < 4.78 is 0. The molecule has 4 N–H and O–H groups in total. The van der Waals surface area contributed by atoms with Gasteiger partial charge in [0, 0.05) is 31.4 Å². The Labute approximate surface area is 106 Å². The molecule has 0 saturated carbocycles. The molecule has 3 atom stereocenters. The van der Waals surface area contributed by atoms with Crippen LogP contribution in [-0.2, 0) is 4.79 Å². The zero-order valence-electron chi connectivity index (χ0n) is 10.3. The molecule has 3 unspecified atom stereocenters. The zero-order valence-corrected chi connectivity index (χ0v) is 10.3. The van der Waals surface area contributed by atoms with Gasteiger partial charge < -0.3 is 10.4 Å². The van der Waals surface area contributed by atoms with Crippen LogP contribution in [0.4, 0.5) is 0 Å². The highest BCUT2D eigenvalue weighted by atomic mass is 16.4. The molecule has 1 aromatic rings. The summed E-state index contributed by atoms with van der Waals surface area (Å²) in [6.45, 7) is 3.10. The molecule has 0 bridgehead atoms. The highest BCUT2D eigenvalue weighted by Crippen LogP contribution is 2.23. The van der Waals surface area contributed by atoms with E-state index in [0.717, 1.165) is 12.1 Å². The first-order chi connectivity index (χ1) is 8.68. The second kappa shape index (κ2) is 5.90. The Morgan fingerprint density at radius 2 is 2.56 bits per heavy atom. The molecule has 0 aromatic carbocycles. The molecule has 2 heterocycles. The minimum atomic E-state index is -0.827. The third-order valence-corrected chi connectivity index (χ3v) is 3.19. The molecule has 0 aliphatic carbocycles. The van der Waals surface area contributed by atoms with Gasteiger partial charge in [0.2, 0.25) is 0 Å². The molecule has 98 valence electrons. The molecule has 1 saturated heterocycles. The Morgan fingerprint density at radius 3 is 3.22 bits per heavy atom. The van der Waals surface area contributed by atoms with Crippen molar-refractivity contribution in [2.75, 3.05) is 13.1 Å². The van der Waals surface area contributed by atoms with Crippen LogP contribution in [0.1, 0.15) is 18.5 Å². The van der Waals surface area contributed by atoms with Crippen molar-refractivity contribution in [2.24, 2.45) is 5.92 Å². The lowest BCUT2D eigenvalue weighted by Crippen LogP contribution is -2.38. The van der Waals surface area contributed by atoms with Crippen molar-refractivity contribution >= 4 is 5.97 Å². The molecule has 0 amide bonds. The van der Waals surface area contributed by atoms with Crippen LogP contribution in [0.2, 0.25) is 0 Å². The van der Waals surface area contributed by atoms with Gasteiger partial charge in [0.25, 0.3) is 0 Å². The number of pyridine rings is 1. The van der Waals surface area contributed by atoms with E-state index in [2.05, 4.69) is 21.2 Å². The summed E-state index contributed by atoms with van der Waals surface area (Å²) in [4.78, 5) is 14.9. The van der Waals surface area contributed by atoms with E-state index in [-0.39, 0.29) is 6.04 Å². The van der Waals surface area contributed by atoms with Crippen LogP contribution in [0.5, 0.6) is 0 Å². The standard InChI is InChI=1S/C12H18N4O2/c1-8(12(17)18)14-6-10-7-15-16-11(10)9-3-2-4-13-5-9/h2-5,8,10-11,14-16H,6-7H2,1H3,(H,17,18). The third-order valence-electron chi connectivity index (χ3n) is 3.19. The SMILES string of the molecule is CC(NCC1CNNC1c1cccnc1)C(=O)O. The number of nitrogens with zero attached hydrogens (tertiary/aromatic N) is 1. The second-order valence-electron chi connectivity index (χ2n) is 4.52. The van der Waals surface area contributed by atoms with Crippen LogP contribution in [0, 0.1) is 5.92 Å². The Hall–Kier alpha value is -1.50. The van der Waals surface area contributed by atoms with E-state index in [0.29, 0.717) is 12.5 Å². The van der Waals surface area contributed by atoms with E-state index in [4.69, 9.17) is 5.11 Å². The van der Waals surface area contributed by atoms with Crippen molar-refractivity contribution in [3.8, 4) is 0 Å². The van der Waals surface area contributed by atoms with Crippen molar-refractivity contribution in [3.63, 3.8) is 0 Å². The maximum atomic E-state index is 10.8. The number of carboxylic acid groups (broad SMARTS) is 1. The Bertz CT molecular complexity index is 398. The normalized spacial score (nSPS) is 24.9. The fourth-order valence-electron chi connectivity index (χ4n) is 2.06. The van der Waals surface area contributed by atoms with E-state index in [1.54, 1.807) is 13.1 Å². The first kappa shape index (κ1) is 12.9. The summed E-state index contributed by atoms with van der Waals surface area (Å²) in [7, 11) is 0. The Balaban J connectivity index is 1.94. The fourth-order valence-corrected chi connectivity index (χ4v) is 2.06. The van der Waals surface area contributed by atoms with Crippen LogP contribution in [-0.4, -0.2) is 35.2 Å². The Morgan fingerprint density at radius 1 is 1.72 bits per heavy atom. The third kappa shape index (κ3) is 3.04. The number of aliphatic carboxylic acids is 1. The predicted octanol–water partition coefficient (Wildman–Crippen LogP) is -0.0906. The lowest BCUT2D eigenvalue weighted by Gasteiger charge is -2.20. The topological polar surface area (TPSA) is 86.3 Å². The summed E-state index contributed by atoms with van der Waals surface area (Å²) in [5.74, 6) is -0.525. The van der Waals surface area contributed by atoms with Crippen LogP contribution in [0.3, 0.4) is 0 Å². The van der Waals surface area contributed by atoms with Crippen molar-refractivity contribution < 1.29 is 9.90 Å². The molecule has 1 aliphatic rings. The first-order valence-electron chi connectivity index (χ1n) is 6.03. The highest BCUT2D eigenvalue weighted by molar-refractivity contribution is 5.72. The highest BCUT2D eigenvalue weighted by Gasteiger charge is 2.28. The van der Waals surface area contributed by atoms with E-state index in [1.165, 1.54) is 0 Å². The molecular formula is C12H18N4O2. The summed E-state index contributed by atoms with van der Waals surface area (Å²) in [6.07, 6.45) is 3.57. The summed E-state index contributed by atoms with van der Waals surface area (Å²) in [6, 6.07) is 3.55. The van der Waals surface area contributed by atoms with Crippen LogP contribution in [0.25, 0.3) is 0 Å². The van der Waals surface area contributed by atoms with Gasteiger partial charge in [-0.2, -0.15) is 0 Å². The monoisotopic (exact) mass is 250 g/mol. The van der Waals surface area contributed by atoms with E-state index >= 15 is 0 Å². The van der Waals surface area contributed by atoms with E-state index < -0.39 is 12.0 Å². The predicted molar refractivity (Wildman–Crippen MR) is 66.7 cm³/mol. The van der Waals surface area contributed by atoms with Crippen molar-refractivity contribution in [3.05, 3.63) is 30.1 Å². The van der Waals surface area contributed by atoms with Crippen molar-refractivity contribution in [2.45, 2.75) is 19.0 Å². The van der Waals surface area contributed by atoms with Gasteiger partial charge in [-0.25, -0.2) is 5.43 Å². The summed E-state index contributed by atoms with van der Waals surface area (Å²) in [5, 5.41) is 11.9. The average molecular weight is 250 g/mol. The quantitative estimate of drug-likeness (QED) is 0.584. The molecule has 6 heteroatoms. The zero-order chi connectivity index (χ0) is 13.0. The summed E-state index contributed by atoms with van der Waals surface area (Å²) >= 11 is 0. The number of rotatable bonds is 5. The van der Waals surface area contributed by atoms with Gasteiger partial charge in [0.1, 0.15) is 6.04 Å². The van der Waals surface area contributed by atoms with Gasteiger partial charge in [-0.1, -0.05) is 6.07 Å². The molecular weight excluding hydrogens is 232 g/mol. The molecule has 1 aliphatic heterocycles. The van der Waals surface area contributed by atoms with Crippen molar-refractivity contribution in [1.29, 1.82) is 0 Å². The number of carboxylic acids is 1. The molecule has 6 nitrogen and oxygen atoms in total. The van der Waals surface area contributed by atoms with Gasteiger partial charge in [-0.15, -0.1) is 0 Å². The minimum Gasteiger partial charge on any atom is -0.480 e. The maximum absolute atomic E-state index is 10.8. The van der Waals surface area contributed by atoms with Gasteiger partial charge in [0.15, 0.2) is 0 Å². The van der Waals surface area contributed by atoms with Crippen LogP contribution in [0.15, 0.2) is 24.5 Å². The fraction of sp³-hybridized carbons (Fsp3) is 0.500.